The fraction of sp³-hybridized carbons (Fsp3) is 0. The minimum absolute atomic E-state index is 1.42. The molecule has 0 aliphatic heterocycles. The van der Waals surface area contributed by atoms with Crippen molar-refractivity contribution in [3.63, 3.8) is 0 Å². The zero-order valence-electron chi connectivity index (χ0n) is 4.18. The van der Waals surface area contributed by atoms with Crippen LogP contribution in [-0.4, -0.2) is 11.0 Å². The quantitative estimate of drug-likeness (QED) is 0.350. The summed E-state index contributed by atoms with van der Waals surface area (Å²) in [6.45, 7) is 0. The van der Waals surface area contributed by atoms with Crippen LogP contribution in [0.15, 0.2) is 0 Å². The largest absolute Gasteiger partial charge is 0.547 e. The molecule has 0 bridgehead atoms. The van der Waals surface area contributed by atoms with Crippen LogP contribution < -0.4 is 11.6 Å². The van der Waals surface area contributed by atoms with Crippen LogP contribution in [0.3, 0.4) is 0 Å². The van der Waals surface area contributed by atoms with Gasteiger partial charge in [-0.15, -0.1) is 0 Å². The van der Waals surface area contributed by atoms with Gasteiger partial charge >= 0.3 is 13.9 Å². The third-order valence-corrected chi connectivity index (χ3v) is 1.02. The van der Waals surface area contributed by atoms with Crippen LogP contribution in [0.5, 0.6) is 0 Å². The molecule has 0 rings (SSSR count). The van der Waals surface area contributed by atoms with E-state index in [0.717, 1.165) is 0 Å². The summed E-state index contributed by atoms with van der Waals surface area (Å²) in [5, 5.41) is 0. The first-order valence-corrected chi connectivity index (χ1v) is 3.18. The van der Waals surface area contributed by atoms with Gasteiger partial charge in [0.05, 0.1) is 0 Å². The van der Waals surface area contributed by atoms with Crippen LogP contribution in [0, 0.1) is 0 Å². The normalized spacial score (nSPS) is 16.2. The van der Waals surface area contributed by atoms with E-state index in [9.17, 15) is 9.36 Å². The lowest BCUT2D eigenvalue weighted by molar-refractivity contribution is 0.160. The molecule has 0 aromatic heterocycles. The van der Waals surface area contributed by atoms with Crippen LogP contribution in [0.2, 0.25) is 0 Å². The molecule has 0 heterocycles. The maximum atomic E-state index is 10.1. The molecule has 9 heavy (non-hydrogen) atoms. The number of carbonyl (C=O) groups excluding carboxylic acids is 1. The Morgan fingerprint density at radius 3 is 2.22 bits per heavy atom. The standard InChI is InChI=1S/CH5N2O5P/c2-1(4)7-9(5,6)8-3/h3H2,(H2,2,4)(H,5,6). The Morgan fingerprint density at radius 2 is 2.11 bits per heavy atom. The monoisotopic (exact) mass is 156 g/mol. The average Bonchev–Trinajstić information content (AvgIpc) is 1.63. The third kappa shape index (κ3) is 3.92. The Hall–Kier alpha value is -0.620. The summed E-state index contributed by atoms with van der Waals surface area (Å²) in [5.74, 6) is 4.21. The second-order valence-corrected chi connectivity index (χ2v) is 2.31. The van der Waals surface area contributed by atoms with Crippen LogP contribution in [0.25, 0.3) is 0 Å². The van der Waals surface area contributed by atoms with Crippen molar-refractivity contribution in [1.82, 2.24) is 0 Å². The van der Waals surface area contributed by atoms with Gasteiger partial charge in [0.25, 0.3) is 0 Å². The van der Waals surface area contributed by atoms with Crippen molar-refractivity contribution in [3.8, 4) is 0 Å². The first-order chi connectivity index (χ1) is 3.98. The van der Waals surface area contributed by atoms with Crippen molar-refractivity contribution < 1.29 is 23.4 Å². The molecule has 5 N–H and O–H groups in total. The molecule has 7 nitrogen and oxygen atoms in total. The smallest absolute Gasteiger partial charge is 0.353 e. The zero-order valence-corrected chi connectivity index (χ0v) is 5.08. The highest BCUT2D eigenvalue weighted by molar-refractivity contribution is 7.47. The van der Waals surface area contributed by atoms with E-state index in [-0.39, 0.29) is 0 Å². The molecule has 8 heteroatoms. The van der Waals surface area contributed by atoms with Gasteiger partial charge in [-0.2, -0.15) is 4.62 Å². The SMILES string of the molecule is NOP(=O)(O)OC(N)=O. The highest BCUT2D eigenvalue weighted by atomic mass is 31.2. The molecular formula is CH5N2O5P. The Morgan fingerprint density at radius 1 is 1.67 bits per heavy atom. The van der Waals surface area contributed by atoms with Crippen LogP contribution in [0.4, 0.5) is 4.79 Å². The maximum absolute atomic E-state index is 10.1. The molecular weight excluding hydrogens is 151 g/mol. The van der Waals surface area contributed by atoms with Crippen molar-refractivity contribution in [2.75, 3.05) is 0 Å². The summed E-state index contributed by atoms with van der Waals surface area (Å²) in [6.07, 6.45) is -1.42. The minimum Gasteiger partial charge on any atom is -0.353 e. The van der Waals surface area contributed by atoms with Crippen LogP contribution in [-0.2, 0) is 13.7 Å². The summed E-state index contributed by atoms with van der Waals surface area (Å²) in [4.78, 5) is 17.9. The van der Waals surface area contributed by atoms with E-state index in [1.54, 1.807) is 0 Å². The molecule has 0 aliphatic rings. The predicted molar refractivity (Wildman–Crippen MR) is 25.8 cm³/mol. The number of carbonyl (C=O) groups is 1. The molecule has 1 unspecified atom stereocenters. The van der Waals surface area contributed by atoms with Gasteiger partial charge < -0.3 is 10.3 Å². The summed E-state index contributed by atoms with van der Waals surface area (Å²) >= 11 is 0. The van der Waals surface area contributed by atoms with E-state index in [1.165, 1.54) is 0 Å². The lowest BCUT2D eigenvalue weighted by atomic mass is 11.3. The van der Waals surface area contributed by atoms with Gasteiger partial charge in [-0.1, -0.05) is 0 Å². The second-order valence-electron chi connectivity index (χ2n) is 0.984. The van der Waals surface area contributed by atoms with Gasteiger partial charge in [0.15, 0.2) is 0 Å². The highest BCUT2D eigenvalue weighted by Crippen LogP contribution is 2.40. The van der Waals surface area contributed by atoms with Crippen molar-refractivity contribution in [3.05, 3.63) is 0 Å². The summed E-state index contributed by atoms with van der Waals surface area (Å²) < 4.78 is 16.9. The molecule has 1 amide bonds. The number of amides is 1. The van der Waals surface area contributed by atoms with Gasteiger partial charge in [-0.25, -0.2) is 15.3 Å². The summed E-state index contributed by atoms with van der Waals surface area (Å²) in [5.41, 5.74) is 4.33. The maximum Gasteiger partial charge on any atom is 0.547 e. The highest BCUT2D eigenvalue weighted by Gasteiger charge is 2.22. The molecule has 0 saturated carbocycles. The first-order valence-electron chi connectivity index (χ1n) is 1.68. The molecule has 1 atom stereocenters. The zero-order chi connectivity index (χ0) is 7.49. The van der Waals surface area contributed by atoms with Crippen molar-refractivity contribution >= 4 is 13.9 Å². The molecule has 0 spiro atoms. The molecule has 0 radical (unpaired) electrons. The van der Waals surface area contributed by atoms with E-state index in [1.807, 2.05) is 0 Å². The van der Waals surface area contributed by atoms with Gasteiger partial charge in [-0.05, 0) is 0 Å². The van der Waals surface area contributed by atoms with E-state index in [0.29, 0.717) is 0 Å². The Kier molecular flexibility index (Phi) is 2.60. The lowest BCUT2D eigenvalue weighted by Crippen LogP contribution is -2.13. The van der Waals surface area contributed by atoms with Crippen LogP contribution >= 0.6 is 7.82 Å². The van der Waals surface area contributed by atoms with Gasteiger partial charge in [-0.3, -0.25) is 4.89 Å². The van der Waals surface area contributed by atoms with Crippen molar-refractivity contribution in [2.45, 2.75) is 0 Å². The predicted octanol–water partition coefficient (Wildman–Crippen LogP) is -0.928. The third-order valence-electron chi connectivity index (χ3n) is 0.339. The summed E-state index contributed by atoms with van der Waals surface area (Å²) in [6, 6.07) is 0. The number of nitrogens with two attached hydrogens (primary N) is 2. The first kappa shape index (κ1) is 8.38. The summed E-state index contributed by atoms with van der Waals surface area (Å²) in [7, 11) is -4.43. The van der Waals surface area contributed by atoms with Crippen molar-refractivity contribution in [1.29, 1.82) is 0 Å². The minimum atomic E-state index is -4.43. The molecule has 54 valence electrons. The molecule has 0 fully saturated rings. The van der Waals surface area contributed by atoms with Crippen LogP contribution in [0.1, 0.15) is 0 Å². The number of primary amides is 1. The molecule has 0 aromatic rings. The molecule has 0 aromatic carbocycles. The number of hydrogen-bond acceptors (Lipinski definition) is 5. The fourth-order valence-electron chi connectivity index (χ4n) is 0.135. The second kappa shape index (κ2) is 2.79. The number of hydrogen-bond donors (Lipinski definition) is 3. The topological polar surface area (TPSA) is 125 Å². The van der Waals surface area contributed by atoms with E-state index < -0.39 is 13.9 Å². The average molecular weight is 156 g/mol. The Labute approximate surface area is 50.1 Å². The number of phosphoric ester groups is 1. The van der Waals surface area contributed by atoms with E-state index in [2.05, 4.69) is 20.8 Å². The van der Waals surface area contributed by atoms with Gasteiger partial charge in [0.1, 0.15) is 0 Å². The van der Waals surface area contributed by atoms with E-state index in [4.69, 9.17) is 4.89 Å². The number of rotatable bonds is 2. The van der Waals surface area contributed by atoms with Gasteiger partial charge in [0, 0.05) is 0 Å². The Bertz CT molecular complexity index is 155. The van der Waals surface area contributed by atoms with E-state index >= 15 is 0 Å². The lowest BCUT2D eigenvalue weighted by Gasteiger charge is -2.03. The fourth-order valence-corrected chi connectivity index (χ4v) is 0.406. The number of phosphoric acid groups is 1. The van der Waals surface area contributed by atoms with Gasteiger partial charge in [0.2, 0.25) is 0 Å². The molecule has 0 saturated heterocycles. The van der Waals surface area contributed by atoms with Crippen molar-refractivity contribution in [2.24, 2.45) is 11.6 Å². The molecule has 0 aliphatic carbocycles. The Balaban J connectivity index is 3.88.